The summed E-state index contributed by atoms with van der Waals surface area (Å²) >= 11 is 6.24. The molecule has 4 nitrogen and oxygen atoms in total. The minimum Gasteiger partial charge on any atom is -0.485 e. The molecule has 120 valence electrons. The molecule has 1 aromatic heterocycles. The van der Waals surface area contributed by atoms with Crippen molar-refractivity contribution in [3.8, 4) is 5.75 Å². The van der Waals surface area contributed by atoms with Gasteiger partial charge in [0.05, 0.1) is 5.69 Å². The molecule has 5 heteroatoms. The van der Waals surface area contributed by atoms with Crippen LogP contribution in [0.4, 0.5) is 11.5 Å². The number of nitrogen functional groups attached to an aromatic ring is 1. The Morgan fingerprint density at radius 2 is 1.92 bits per heavy atom. The molecule has 0 fully saturated rings. The van der Waals surface area contributed by atoms with E-state index in [9.17, 15) is 0 Å². The first kappa shape index (κ1) is 16.0. The lowest BCUT2D eigenvalue weighted by Crippen LogP contribution is -2.00. The molecule has 0 aliphatic heterocycles. The van der Waals surface area contributed by atoms with Crippen LogP contribution in [0.1, 0.15) is 11.1 Å². The molecule has 3 aromatic rings. The fourth-order valence-corrected chi connectivity index (χ4v) is 2.29. The number of hydrogen-bond donors (Lipinski definition) is 1. The van der Waals surface area contributed by atoms with E-state index in [0.29, 0.717) is 23.2 Å². The van der Waals surface area contributed by atoms with Crippen LogP contribution in [-0.2, 0) is 6.61 Å². The van der Waals surface area contributed by atoms with Gasteiger partial charge in [-0.15, -0.1) is 0 Å². The highest BCUT2D eigenvalue weighted by Crippen LogP contribution is 2.25. The number of aromatic nitrogens is 1. The maximum Gasteiger partial charge on any atom is 0.166 e. The zero-order valence-electron chi connectivity index (χ0n) is 12.9. The van der Waals surface area contributed by atoms with Crippen LogP contribution in [0, 0.1) is 0 Å². The first-order valence-corrected chi connectivity index (χ1v) is 7.81. The number of ether oxygens (including phenoxy) is 1. The van der Waals surface area contributed by atoms with Crippen LogP contribution in [-0.4, -0.2) is 11.2 Å². The lowest BCUT2D eigenvalue weighted by molar-refractivity contribution is 0.307. The number of aliphatic imine (C=N–C) groups is 1. The lowest BCUT2D eigenvalue weighted by atomic mass is 10.2. The van der Waals surface area contributed by atoms with Crippen molar-refractivity contribution in [2.45, 2.75) is 6.61 Å². The number of halogens is 1. The second-order valence-corrected chi connectivity index (χ2v) is 5.53. The van der Waals surface area contributed by atoms with E-state index in [1.54, 1.807) is 18.3 Å². The van der Waals surface area contributed by atoms with Crippen molar-refractivity contribution >= 4 is 29.3 Å². The first-order chi connectivity index (χ1) is 11.7. The van der Waals surface area contributed by atoms with Gasteiger partial charge >= 0.3 is 0 Å². The average Bonchev–Trinajstić information content (AvgIpc) is 2.62. The van der Waals surface area contributed by atoms with Crippen LogP contribution in [0.5, 0.6) is 5.75 Å². The number of hydrogen-bond acceptors (Lipinski definition) is 4. The Morgan fingerprint density at radius 3 is 2.71 bits per heavy atom. The van der Waals surface area contributed by atoms with E-state index in [2.05, 4.69) is 9.98 Å². The Labute approximate surface area is 145 Å². The summed E-state index contributed by atoms with van der Waals surface area (Å²) in [6, 6.07) is 19.0. The van der Waals surface area contributed by atoms with Crippen molar-refractivity contribution in [2.75, 3.05) is 5.73 Å². The monoisotopic (exact) mass is 337 g/mol. The molecule has 2 N–H and O–H groups in total. The molecule has 0 aliphatic rings. The standard InChI is InChI=1S/C19H16ClN3O/c20-17-9-8-16(23-12-14-5-2-1-3-6-14)11-15(17)13-24-18-7-4-10-22-19(18)21/h1-12H,13H2,(H2,21,22). The molecule has 0 spiro atoms. The molecule has 0 radical (unpaired) electrons. The minimum atomic E-state index is 0.295. The molecule has 1 heterocycles. The van der Waals surface area contributed by atoms with Gasteiger partial charge in [-0.25, -0.2) is 4.98 Å². The van der Waals surface area contributed by atoms with Crippen molar-refractivity contribution in [3.05, 3.63) is 83.0 Å². The summed E-state index contributed by atoms with van der Waals surface area (Å²) in [6.07, 6.45) is 3.43. The summed E-state index contributed by atoms with van der Waals surface area (Å²) in [5.41, 5.74) is 8.45. The van der Waals surface area contributed by atoms with E-state index >= 15 is 0 Å². The Bertz CT molecular complexity index is 850. The summed E-state index contributed by atoms with van der Waals surface area (Å²) in [5.74, 6) is 0.888. The van der Waals surface area contributed by atoms with Crippen LogP contribution < -0.4 is 10.5 Å². The van der Waals surface area contributed by atoms with Crippen LogP contribution in [0.3, 0.4) is 0 Å². The van der Waals surface area contributed by atoms with E-state index in [0.717, 1.165) is 16.8 Å². The number of anilines is 1. The van der Waals surface area contributed by atoms with E-state index < -0.39 is 0 Å². The normalized spacial score (nSPS) is 10.9. The van der Waals surface area contributed by atoms with Crippen molar-refractivity contribution in [3.63, 3.8) is 0 Å². The highest BCUT2D eigenvalue weighted by molar-refractivity contribution is 6.31. The third-order valence-electron chi connectivity index (χ3n) is 3.37. The first-order valence-electron chi connectivity index (χ1n) is 7.43. The van der Waals surface area contributed by atoms with Crippen molar-refractivity contribution in [1.29, 1.82) is 0 Å². The van der Waals surface area contributed by atoms with Crippen LogP contribution >= 0.6 is 11.6 Å². The third-order valence-corrected chi connectivity index (χ3v) is 3.74. The molecule has 0 bridgehead atoms. The number of benzene rings is 2. The summed E-state index contributed by atoms with van der Waals surface area (Å²) in [5, 5.41) is 0.621. The van der Waals surface area contributed by atoms with E-state index in [1.165, 1.54) is 0 Å². The predicted molar refractivity (Wildman–Crippen MR) is 98.1 cm³/mol. The molecule has 0 unspecified atom stereocenters. The zero-order chi connectivity index (χ0) is 16.8. The lowest BCUT2D eigenvalue weighted by Gasteiger charge is -2.09. The fourth-order valence-electron chi connectivity index (χ4n) is 2.12. The number of pyridine rings is 1. The van der Waals surface area contributed by atoms with Gasteiger partial charge < -0.3 is 10.5 Å². The molecule has 0 aliphatic carbocycles. The Kier molecular flexibility index (Phi) is 5.08. The summed E-state index contributed by atoms with van der Waals surface area (Å²) < 4.78 is 5.70. The van der Waals surface area contributed by atoms with Gasteiger partial charge in [-0.05, 0) is 35.9 Å². The summed E-state index contributed by atoms with van der Waals surface area (Å²) in [4.78, 5) is 8.47. The molecule has 3 rings (SSSR count). The molecule has 2 aromatic carbocycles. The SMILES string of the molecule is Nc1ncccc1OCc1cc(N=Cc2ccccc2)ccc1Cl. The zero-order valence-corrected chi connectivity index (χ0v) is 13.6. The van der Waals surface area contributed by atoms with Crippen molar-refractivity contribution in [1.82, 2.24) is 4.98 Å². The largest absolute Gasteiger partial charge is 0.485 e. The average molecular weight is 338 g/mol. The molecular weight excluding hydrogens is 322 g/mol. The van der Waals surface area contributed by atoms with Gasteiger partial charge in [0.1, 0.15) is 6.61 Å². The third kappa shape index (κ3) is 4.12. The second-order valence-electron chi connectivity index (χ2n) is 5.12. The van der Waals surface area contributed by atoms with Crippen molar-refractivity contribution in [2.24, 2.45) is 4.99 Å². The molecular formula is C19H16ClN3O. The van der Waals surface area contributed by atoms with Gasteiger partial charge in [0, 0.05) is 23.0 Å². The van der Waals surface area contributed by atoms with Gasteiger partial charge in [0.15, 0.2) is 11.6 Å². The van der Waals surface area contributed by atoms with Crippen LogP contribution in [0.2, 0.25) is 5.02 Å². The van der Waals surface area contributed by atoms with Gasteiger partial charge in [0.25, 0.3) is 0 Å². The van der Waals surface area contributed by atoms with Crippen LogP contribution in [0.25, 0.3) is 0 Å². The van der Waals surface area contributed by atoms with E-state index in [-0.39, 0.29) is 0 Å². The fraction of sp³-hybridized carbons (Fsp3) is 0.0526. The maximum atomic E-state index is 6.24. The number of rotatable bonds is 5. The quantitative estimate of drug-likeness (QED) is 0.689. The van der Waals surface area contributed by atoms with Gasteiger partial charge in [-0.1, -0.05) is 41.9 Å². The van der Waals surface area contributed by atoms with Gasteiger partial charge in [-0.3, -0.25) is 4.99 Å². The molecule has 24 heavy (non-hydrogen) atoms. The number of nitrogens with two attached hydrogens (primary N) is 1. The maximum absolute atomic E-state index is 6.24. The van der Waals surface area contributed by atoms with E-state index in [4.69, 9.17) is 22.1 Å². The Morgan fingerprint density at radius 1 is 1.08 bits per heavy atom. The van der Waals surface area contributed by atoms with E-state index in [1.807, 2.05) is 54.7 Å². The Balaban J connectivity index is 1.74. The topological polar surface area (TPSA) is 60.5 Å². The minimum absolute atomic E-state index is 0.295. The summed E-state index contributed by atoms with van der Waals surface area (Å²) in [6.45, 7) is 0.295. The second kappa shape index (κ2) is 7.62. The highest BCUT2D eigenvalue weighted by Gasteiger charge is 2.05. The molecule has 0 saturated carbocycles. The summed E-state index contributed by atoms with van der Waals surface area (Å²) in [7, 11) is 0. The van der Waals surface area contributed by atoms with Gasteiger partial charge in [0.2, 0.25) is 0 Å². The molecule has 0 saturated heterocycles. The van der Waals surface area contributed by atoms with Crippen LogP contribution in [0.15, 0.2) is 71.9 Å². The predicted octanol–water partition coefficient (Wildman–Crippen LogP) is 4.65. The van der Waals surface area contributed by atoms with Gasteiger partial charge in [-0.2, -0.15) is 0 Å². The van der Waals surface area contributed by atoms with Crippen molar-refractivity contribution < 1.29 is 4.74 Å². The smallest absolute Gasteiger partial charge is 0.166 e. The highest BCUT2D eigenvalue weighted by atomic mass is 35.5. The Hall–Kier alpha value is -2.85. The molecule has 0 amide bonds. The number of nitrogens with zero attached hydrogens (tertiary/aromatic N) is 2. The molecule has 0 atom stereocenters.